The van der Waals surface area contributed by atoms with Crippen molar-refractivity contribution in [2.24, 2.45) is 0 Å². The molecule has 100 valence electrons. The van der Waals surface area contributed by atoms with Crippen molar-refractivity contribution in [2.45, 2.75) is 32.7 Å². The van der Waals surface area contributed by atoms with E-state index < -0.39 is 0 Å². The Morgan fingerprint density at radius 2 is 2.06 bits per heavy atom. The van der Waals surface area contributed by atoms with Gasteiger partial charge in [0.2, 0.25) is 0 Å². The molecule has 1 aromatic carbocycles. The summed E-state index contributed by atoms with van der Waals surface area (Å²) >= 11 is 0. The van der Waals surface area contributed by atoms with Gasteiger partial charge in [0.1, 0.15) is 5.75 Å². The first-order valence-electron chi connectivity index (χ1n) is 6.92. The molecule has 2 N–H and O–H groups in total. The van der Waals surface area contributed by atoms with Crippen molar-refractivity contribution in [3.05, 3.63) is 29.3 Å². The number of likely N-dealkylation sites (tertiary alicyclic amines) is 1. The molecule has 1 aromatic rings. The zero-order valence-corrected chi connectivity index (χ0v) is 11.4. The third kappa shape index (κ3) is 3.47. The van der Waals surface area contributed by atoms with Gasteiger partial charge in [0.05, 0.1) is 0 Å². The molecule has 0 radical (unpaired) electrons. The molecule has 0 spiro atoms. The molecule has 1 atom stereocenters. The Balaban J connectivity index is 1.83. The summed E-state index contributed by atoms with van der Waals surface area (Å²) in [5.41, 5.74) is 2.19. The summed E-state index contributed by atoms with van der Waals surface area (Å²) in [6.45, 7) is 8.74. The monoisotopic (exact) mass is 248 g/mol. The largest absolute Gasteiger partial charge is 0.508 e. The normalized spacial score (nSPS) is 18.1. The molecule has 0 aliphatic carbocycles. The van der Waals surface area contributed by atoms with Gasteiger partial charge in [-0.2, -0.15) is 0 Å². The van der Waals surface area contributed by atoms with Crippen molar-refractivity contribution in [3.8, 4) is 5.75 Å². The van der Waals surface area contributed by atoms with E-state index in [1.54, 1.807) is 6.07 Å². The van der Waals surface area contributed by atoms with Gasteiger partial charge in [-0.25, -0.2) is 0 Å². The summed E-state index contributed by atoms with van der Waals surface area (Å²) in [6, 6.07) is 5.98. The van der Waals surface area contributed by atoms with Crippen LogP contribution in [0.15, 0.2) is 18.2 Å². The van der Waals surface area contributed by atoms with E-state index in [4.69, 9.17) is 0 Å². The number of aryl methyl sites for hydroxylation is 1. The molecule has 0 saturated carbocycles. The van der Waals surface area contributed by atoms with Crippen LogP contribution in [0.1, 0.15) is 36.9 Å². The van der Waals surface area contributed by atoms with E-state index in [9.17, 15) is 5.11 Å². The molecule has 1 fully saturated rings. The lowest BCUT2D eigenvalue weighted by molar-refractivity contribution is 0.328. The Labute approximate surface area is 110 Å². The second-order valence-corrected chi connectivity index (χ2v) is 5.29. The number of hydrogen-bond donors (Lipinski definition) is 2. The maximum Gasteiger partial charge on any atom is 0.120 e. The minimum absolute atomic E-state index is 0.201. The first kappa shape index (κ1) is 13.4. The van der Waals surface area contributed by atoms with Crippen LogP contribution in [0.25, 0.3) is 0 Å². The van der Waals surface area contributed by atoms with Crippen molar-refractivity contribution in [2.75, 3.05) is 26.2 Å². The molecule has 0 bridgehead atoms. The maximum atomic E-state index is 9.87. The lowest BCUT2D eigenvalue weighted by Crippen LogP contribution is -2.31. The third-order valence-corrected chi connectivity index (χ3v) is 3.73. The fourth-order valence-corrected chi connectivity index (χ4v) is 2.58. The Hall–Kier alpha value is -1.06. The minimum Gasteiger partial charge on any atom is -0.508 e. The number of aromatic hydroxyl groups is 1. The van der Waals surface area contributed by atoms with E-state index in [-0.39, 0.29) is 6.04 Å². The highest BCUT2D eigenvalue weighted by molar-refractivity contribution is 5.37. The first-order chi connectivity index (χ1) is 8.66. The van der Waals surface area contributed by atoms with Crippen molar-refractivity contribution in [3.63, 3.8) is 0 Å². The number of benzene rings is 1. The summed E-state index contributed by atoms with van der Waals surface area (Å²) in [6.07, 6.45) is 2.68. The Morgan fingerprint density at radius 1 is 1.33 bits per heavy atom. The van der Waals surface area contributed by atoms with Crippen LogP contribution < -0.4 is 5.32 Å². The number of nitrogens with one attached hydrogen (secondary N) is 1. The van der Waals surface area contributed by atoms with Crippen LogP contribution in [0.4, 0.5) is 0 Å². The minimum atomic E-state index is 0.201. The number of nitrogens with zero attached hydrogens (tertiary/aromatic N) is 1. The second kappa shape index (κ2) is 6.21. The zero-order valence-electron chi connectivity index (χ0n) is 11.4. The first-order valence-corrected chi connectivity index (χ1v) is 6.92. The molecular formula is C15H24N2O. The topological polar surface area (TPSA) is 35.5 Å². The standard InChI is InChI=1S/C15H24N2O/c1-12-5-6-15(18)14(11-12)13(2)16-7-10-17-8-3-4-9-17/h5-6,11,13,16,18H,3-4,7-10H2,1-2H3. The summed E-state index contributed by atoms with van der Waals surface area (Å²) in [4.78, 5) is 2.50. The van der Waals surface area contributed by atoms with Crippen molar-refractivity contribution >= 4 is 0 Å². The van der Waals surface area contributed by atoms with Crippen molar-refractivity contribution < 1.29 is 5.11 Å². The Kier molecular flexibility index (Phi) is 4.61. The molecule has 2 rings (SSSR count). The predicted octanol–water partition coefficient (Wildman–Crippen LogP) is 2.45. The van der Waals surface area contributed by atoms with E-state index in [0.29, 0.717) is 5.75 Å². The van der Waals surface area contributed by atoms with Gasteiger partial charge in [0.25, 0.3) is 0 Å². The van der Waals surface area contributed by atoms with Gasteiger partial charge in [-0.05, 0) is 45.8 Å². The molecule has 3 heteroatoms. The van der Waals surface area contributed by atoms with Crippen LogP contribution in [0.2, 0.25) is 0 Å². The SMILES string of the molecule is Cc1ccc(O)c(C(C)NCCN2CCCC2)c1. The summed E-state index contributed by atoms with van der Waals surface area (Å²) < 4.78 is 0. The van der Waals surface area contributed by atoms with E-state index in [0.717, 1.165) is 18.7 Å². The maximum absolute atomic E-state index is 9.87. The third-order valence-electron chi connectivity index (χ3n) is 3.73. The highest BCUT2D eigenvalue weighted by Crippen LogP contribution is 2.24. The number of rotatable bonds is 5. The van der Waals surface area contributed by atoms with Gasteiger partial charge in [-0.1, -0.05) is 17.7 Å². The molecule has 0 aromatic heterocycles. The molecule has 0 amide bonds. The van der Waals surface area contributed by atoms with Crippen LogP contribution in [-0.2, 0) is 0 Å². The number of phenols is 1. The highest BCUT2D eigenvalue weighted by atomic mass is 16.3. The van der Waals surface area contributed by atoms with Crippen molar-refractivity contribution in [1.29, 1.82) is 0 Å². The average molecular weight is 248 g/mol. The molecule has 1 heterocycles. The summed E-state index contributed by atoms with van der Waals surface area (Å²) in [5.74, 6) is 0.391. The molecule has 1 unspecified atom stereocenters. The lowest BCUT2D eigenvalue weighted by atomic mass is 10.0. The lowest BCUT2D eigenvalue weighted by Gasteiger charge is -2.19. The van der Waals surface area contributed by atoms with E-state index in [1.807, 2.05) is 6.07 Å². The highest BCUT2D eigenvalue weighted by Gasteiger charge is 2.13. The fourth-order valence-electron chi connectivity index (χ4n) is 2.58. The predicted molar refractivity (Wildman–Crippen MR) is 74.9 cm³/mol. The van der Waals surface area contributed by atoms with Crippen LogP contribution in [0, 0.1) is 6.92 Å². The van der Waals surface area contributed by atoms with Gasteiger partial charge in [-0.15, -0.1) is 0 Å². The van der Waals surface area contributed by atoms with Gasteiger partial charge in [0, 0.05) is 24.7 Å². The number of phenolic OH excluding ortho intramolecular Hbond substituents is 1. The smallest absolute Gasteiger partial charge is 0.120 e. The quantitative estimate of drug-likeness (QED) is 0.840. The molecule has 18 heavy (non-hydrogen) atoms. The average Bonchev–Trinajstić information content (AvgIpc) is 2.85. The van der Waals surface area contributed by atoms with Crippen LogP contribution in [0.5, 0.6) is 5.75 Å². The molecular weight excluding hydrogens is 224 g/mol. The molecule has 1 aliphatic heterocycles. The van der Waals surface area contributed by atoms with E-state index in [1.165, 1.54) is 31.5 Å². The van der Waals surface area contributed by atoms with Gasteiger partial charge in [0.15, 0.2) is 0 Å². The van der Waals surface area contributed by atoms with E-state index in [2.05, 4.69) is 30.1 Å². The number of hydrogen-bond acceptors (Lipinski definition) is 3. The van der Waals surface area contributed by atoms with Crippen LogP contribution in [0.3, 0.4) is 0 Å². The zero-order chi connectivity index (χ0) is 13.0. The Bertz CT molecular complexity index is 386. The van der Waals surface area contributed by atoms with Crippen LogP contribution in [-0.4, -0.2) is 36.2 Å². The summed E-state index contributed by atoms with van der Waals surface area (Å²) in [5, 5.41) is 13.4. The van der Waals surface area contributed by atoms with E-state index >= 15 is 0 Å². The Morgan fingerprint density at radius 3 is 2.78 bits per heavy atom. The molecule has 1 saturated heterocycles. The van der Waals surface area contributed by atoms with Crippen molar-refractivity contribution in [1.82, 2.24) is 10.2 Å². The van der Waals surface area contributed by atoms with Gasteiger partial charge in [-0.3, -0.25) is 0 Å². The second-order valence-electron chi connectivity index (χ2n) is 5.29. The fraction of sp³-hybridized carbons (Fsp3) is 0.600. The van der Waals surface area contributed by atoms with Gasteiger partial charge >= 0.3 is 0 Å². The van der Waals surface area contributed by atoms with Gasteiger partial charge < -0.3 is 15.3 Å². The summed E-state index contributed by atoms with van der Waals surface area (Å²) in [7, 11) is 0. The van der Waals surface area contributed by atoms with Crippen LogP contribution >= 0.6 is 0 Å². The molecule has 3 nitrogen and oxygen atoms in total. The molecule has 1 aliphatic rings.